The average molecular weight is 181 g/mol. The molecule has 0 saturated carbocycles. The summed E-state index contributed by atoms with van der Waals surface area (Å²) < 4.78 is 0. The molecule has 0 saturated heterocycles. The molecule has 1 aromatic heterocycles. The minimum absolute atomic E-state index is 0.180. The van der Waals surface area contributed by atoms with Crippen LogP contribution in [0.5, 0.6) is 0 Å². The fourth-order valence-corrected chi connectivity index (χ4v) is 0.674. The van der Waals surface area contributed by atoms with Crippen LogP contribution in [0.1, 0.15) is 31.3 Å². The highest BCUT2D eigenvalue weighted by Crippen LogP contribution is 1.89. The summed E-state index contributed by atoms with van der Waals surface area (Å²) in [6, 6.07) is 3.30. The number of amides is 1. The molecule has 0 aliphatic heterocycles. The zero-order valence-corrected chi connectivity index (χ0v) is 8.24. The standard InChI is InChI=1S/C7H9N3O.C2H6/c1-2-8-7(11)6-4-3-5-9-10-6;1-2/h3-5H,2H2,1H3,(H,8,11);1-2H3. The first kappa shape index (κ1) is 11.6. The van der Waals surface area contributed by atoms with Crippen LogP contribution in [0.25, 0.3) is 0 Å². The first-order valence-electron chi connectivity index (χ1n) is 4.40. The minimum Gasteiger partial charge on any atom is -0.351 e. The maximum atomic E-state index is 11.0. The molecular weight excluding hydrogens is 166 g/mol. The SMILES string of the molecule is CC.CCNC(=O)c1cccnn1. The predicted molar refractivity (Wildman–Crippen MR) is 51.4 cm³/mol. The van der Waals surface area contributed by atoms with Gasteiger partial charge in [0.1, 0.15) is 0 Å². The van der Waals surface area contributed by atoms with Gasteiger partial charge in [-0.05, 0) is 19.1 Å². The zero-order valence-electron chi connectivity index (χ0n) is 8.24. The van der Waals surface area contributed by atoms with Gasteiger partial charge in [0.05, 0.1) is 0 Å². The summed E-state index contributed by atoms with van der Waals surface area (Å²) in [5.41, 5.74) is 0.356. The molecule has 0 bridgehead atoms. The Hall–Kier alpha value is -1.45. The number of carbonyl (C=O) groups excluding carboxylic acids is 1. The summed E-state index contributed by atoms with van der Waals surface area (Å²) in [6.07, 6.45) is 1.53. The topological polar surface area (TPSA) is 54.9 Å². The van der Waals surface area contributed by atoms with Gasteiger partial charge in [-0.1, -0.05) is 13.8 Å². The van der Waals surface area contributed by atoms with Crippen molar-refractivity contribution in [2.75, 3.05) is 6.54 Å². The van der Waals surface area contributed by atoms with Gasteiger partial charge in [-0.15, -0.1) is 5.10 Å². The molecule has 4 nitrogen and oxygen atoms in total. The Morgan fingerprint density at radius 2 is 2.23 bits per heavy atom. The summed E-state index contributed by atoms with van der Waals surface area (Å²) in [5, 5.41) is 9.83. The average Bonchev–Trinajstić information content (AvgIpc) is 2.23. The highest BCUT2D eigenvalue weighted by Gasteiger charge is 2.02. The maximum Gasteiger partial charge on any atom is 0.271 e. The van der Waals surface area contributed by atoms with E-state index in [4.69, 9.17) is 0 Å². The number of nitrogens with one attached hydrogen (secondary N) is 1. The molecule has 4 heteroatoms. The van der Waals surface area contributed by atoms with Crippen LogP contribution in [0.4, 0.5) is 0 Å². The van der Waals surface area contributed by atoms with Crippen LogP contribution in [0.15, 0.2) is 18.3 Å². The molecule has 1 heterocycles. The van der Waals surface area contributed by atoms with Crippen molar-refractivity contribution in [2.45, 2.75) is 20.8 Å². The van der Waals surface area contributed by atoms with Crippen LogP contribution in [0, 0.1) is 0 Å². The zero-order chi connectivity index (χ0) is 10.1. The highest BCUT2D eigenvalue weighted by molar-refractivity contribution is 5.91. The molecule has 0 unspecified atom stereocenters. The van der Waals surface area contributed by atoms with Gasteiger partial charge in [-0.25, -0.2) is 0 Å². The molecule has 1 aromatic rings. The second-order valence-electron chi connectivity index (χ2n) is 1.97. The molecule has 13 heavy (non-hydrogen) atoms. The van der Waals surface area contributed by atoms with Gasteiger partial charge in [0.15, 0.2) is 5.69 Å². The van der Waals surface area contributed by atoms with Crippen molar-refractivity contribution in [1.29, 1.82) is 0 Å². The van der Waals surface area contributed by atoms with Crippen molar-refractivity contribution in [3.8, 4) is 0 Å². The monoisotopic (exact) mass is 181 g/mol. The smallest absolute Gasteiger partial charge is 0.271 e. The fraction of sp³-hybridized carbons (Fsp3) is 0.444. The molecule has 1 amide bonds. The molecule has 0 aromatic carbocycles. The first-order valence-corrected chi connectivity index (χ1v) is 4.40. The van der Waals surface area contributed by atoms with Crippen molar-refractivity contribution < 1.29 is 4.79 Å². The Balaban J connectivity index is 0.000000671. The number of hydrogen-bond donors (Lipinski definition) is 1. The van der Waals surface area contributed by atoms with Gasteiger partial charge in [-0.3, -0.25) is 4.79 Å². The van der Waals surface area contributed by atoms with Crippen LogP contribution in [-0.2, 0) is 0 Å². The van der Waals surface area contributed by atoms with Gasteiger partial charge in [0, 0.05) is 12.7 Å². The van der Waals surface area contributed by atoms with Crippen molar-refractivity contribution in [2.24, 2.45) is 0 Å². The third kappa shape index (κ3) is 4.20. The lowest BCUT2D eigenvalue weighted by Crippen LogP contribution is -2.23. The van der Waals surface area contributed by atoms with Gasteiger partial charge in [0.25, 0.3) is 5.91 Å². The highest BCUT2D eigenvalue weighted by atomic mass is 16.1. The molecule has 0 aliphatic rings. The summed E-state index contributed by atoms with van der Waals surface area (Å²) in [5.74, 6) is -0.180. The largest absolute Gasteiger partial charge is 0.351 e. The van der Waals surface area contributed by atoms with Gasteiger partial charge in [-0.2, -0.15) is 5.10 Å². The molecule has 1 N–H and O–H groups in total. The number of hydrogen-bond acceptors (Lipinski definition) is 3. The first-order chi connectivity index (χ1) is 6.34. The molecule has 0 spiro atoms. The number of rotatable bonds is 2. The van der Waals surface area contributed by atoms with Crippen LogP contribution in [-0.4, -0.2) is 22.6 Å². The van der Waals surface area contributed by atoms with Gasteiger partial charge >= 0.3 is 0 Å². The lowest BCUT2D eigenvalue weighted by atomic mass is 10.4. The number of nitrogens with zero attached hydrogens (tertiary/aromatic N) is 2. The van der Waals surface area contributed by atoms with Gasteiger partial charge in [0.2, 0.25) is 0 Å². The lowest BCUT2D eigenvalue weighted by Gasteiger charge is -1.97. The van der Waals surface area contributed by atoms with Crippen molar-refractivity contribution in [3.05, 3.63) is 24.0 Å². The lowest BCUT2D eigenvalue weighted by molar-refractivity contribution is 0.0950. The predicted octanol–water partition coefficient (Wildman–Crippen LogP) is 1.25. The molecule has 0 atom stereocenters. The number of aromatic nitrogens is 2. The van der Waals surface area contributed by atoms with Crippen LogP contribution < -0.4 is 5.32 Å². The minimum atomic E-state index is -0.180. The maximum absolute atomic E-state index is 11.0. The van der Waals surface area contributed by atoms with E-state index in [2.05, 4.69) is 15.5 Å². The van der Waals surface area contributed by atoms with Crippen molar-refractivity contribution >= 4 is 5.91 Å². The molecule has 72 valence electrons. The fourth-order valence-electron chi connectivity index (χ4n) is 0.674. The second kappa shape index (κ2) is 7.21. The molecule has 1 rings (SSSR count). The van der Waals surface area contributed by atoms with E-state index in [0.717, 1.165) is 0 Å². The Kier molecular flexibility index (Phi) is 6.41. The summed E-state index contributed by atoms with van der Waals surface area (Å²) in [6.45, 7) is 6.46. The van der Waals surface area contributed by atoms with Gasteiger partial charge < -0.3 is 5.32 Å². The van der Waals surface area contributed by atoms with Crippen LogP contribution in [0.3, 0.4) is 0 Å². The van der Waals surface area contributed by atoms with E-state index in [1.54, 1.807) is 12.1 Å². The van der Waals surface area contributed by atoms with E-state index in [9.17, 15) is 4.79 Å². The normalized spacial score (nSPS) is 8.23. The summed E-state index contributed by atoms with van der Waals surface area (Å²) in [4.78, 5) is 11.0. The third-order valence-corrected chi connectivity index (χ3v) is 1.14. The van der Waals surface area contributed by atoms with Crippen molar-refractivity contribution in [3.63, 3.8) is 0 Å². The number of carbonyl (C=O) groups is 1. The Morgan fingerprint density at radius 3 is 2.69 bits per heavy atom. The Morgan fingerprint density at radius 1 is 1.54 bits per heavy atom. The van der Waals surface area contributed by atoms with Crippen LogP contribution >= 0.6 is 0 Å². The van der Waals surface area contributed by atoms with E-state index in [-0.39, 0.29) is 5.91 Å². The van der Waals surface area contributed by atoms with Crippen molar-refractivity contribution in [1.82, 2.24) is 15.5 Å². The molecule has 0 radical (unpaired) electrons. The van der Waals surface area contributed by atoms with E-state index in [1.807, 2.05) is 20.8 Å². The van der Waals surface area contributed by atoms with Crippen LogP contribution in [0.2, 0.25) is 0 Å². The second-order valence-corrected chi connectivity index (χ2v) is 1.97. The third-order valence-electron chi connectivity index (χ3n) is 1.14. The molecular formula is C9H15N3O. The van der Waals surface area contributed by atoms with E-state index < -0.39 is 0 Å². The van der Waals surface area contributed by atoms with E-state index >= 15 is 0 Å². The van der Waals surface area contributed by atoms with E-state index in [0.29, 0.717) is 12.2 Å². The summed E-state index contributed by atoms with van der Waals surface area (Å²) in [7, 11) is 0. The Bertz CT molecular complexity index is 236. The Labute approximate surface area is 78.4 Å². The molecule has 0 fully saturated rings. The summed E-state index contributed by atoms with van der Waals surface area (Å²) >= 11 is 0. The molecule has 0 aliphatic carbocycles. The quantitative estimate of drug-likeness (QED) is 0.747. The van der Waals surface area contributed by atoms with E-state index in [1.165, 1.54) is 6.20 Å².